The van der Waals surface area contributed by atoms with Gasteiger partial charge in [-0.25, -0.2) is 9.37 Å². The van der Waals surface area contributed by atoms with Gasteiger partial charge in [0.25, 0.3) is 5.91 Å². The number of carbonyl (C=O) groups is 1. The van der Waals surface area contributed by atoms with Crippen LogP contribution in [0.3, 0.4) is 0 Å². The molecule has 2 heterocycles. The second-order valence-electron chi connectivity index (χ2n) is 7.12. The molecule has 2 aromatic carbocycles. The summed E-state index contributed by atoms with van der Waals surface area (Å²) in [6, 6.07) is 12.3. The van der Waals surface area contributed by atoms with E-state index in [0.29, 0.717) is 32.8 Å². The molecule has 3 aromatic rings. The average Bonchev–Trinajstić information content (AvgIpc) is 3.08. The van der Waals surface area contributed by atoms with Crippen LogP contribution in [0, 0.1) is 5.82 Å². The van der Waals surface area contributed by atoms with Crippen molar-refractivity contribution in [3.05, 3.63) is 71.6 Å². The lowest BCUT2D eigenvalue weighted by molar-refractivity contribution is -0.115. The summed E-state index contributed by atoms with van der Waals surface area (Å²) in [5.74, 6) is -0.409. The number of nitrogens with two attached hydrogens (primary N) is 1. The maximum atomic E-state index is 13.7. The lowest BCUT2D eigenvalue weighted by Gasteiger charge is -2.25. The van der Waals surface area contributed by atoms with E-state index in [1.807, 2.05) is 24.3 Å². The molecule has 1 aromatic heterocycles. The maximum Gasteiger partial charge on any atom is 0.253 e. The Morgan fingerprint density at radius 3 is 2.86 bits per heavy atom. The zero-order chi connectivity index (χ0) is 20.7. The number of pyridine rings is 1. The first-order valence-corrected chi connectivity index (χ1v) is 10.5. The highest BCUT2D eigenvalue weighted by molar-refractivity contribution is 7.85. The highest BCUT2D eigenvalue weighted by Crippen LogP contribution is 2.34. The van der Waals surface area contributed by atoms with Crippen molar-refractivity contribution in [2.75, 3.05) is 16.4 Å². The van der Waals surface area contributed by atoms with Crippen LogP contribution in [0.25, 0.3) is 10.9 Å². The number of nitrogens with zero attached hydrogens (tertiary/aromatic N) is 2. The number of amides is 1. The molecule has 148 valence electrons. The molecule has 0 radical (unpaired) electrons. The second kappa shape index (κ2) is 7.40. The summed E-state index contributed by atoms with van der Waals surface area (Å²) in [6.07, 6.45) is 0.732. The fraction of sp³-hybridized carbons (Fsp3) is 0.182. The van der Waals surface area contributed by atoms with Gasteiger partial charge in [-0.3, -0.25) is 9.00 Å². The molecule has 1 unspecified atom stereocenters. The molecule has 0 saturated carbocycles. The Kier molecular flexibility index (Phi) is 4.92. The highest BCUT2D eigenvalue weighted by atomic mass is 32.2. The Morgan fingerprint density at radius 1 is 1.31 bits per heavy atom. The van der Waals surface area contributed by atoms with Crippen LogP contribution in [0.5, 0.6) is 0 Å². The van der Waals surface area contributed by atoms with Crippen molar-refractivity contribution in [3.63, 3.8) is 0 Å². The second-order valence-corrected chi connectivity index (χ2v) is 8.63. The van der Waals surface area contributed by atoms with Crippen molar-refractivity contribution in [2.45, 2.75) is 24.8 Å². The summed E-state index contributed by atoms with van der Waals surface area (Å²) in [7, 11) is -1.14. The van der Waals surface area contributed by atoms with Gasteiger partial charge in [0.2, 0.25) is 0 Å². The van der Waals surface area contributed by atoms with Gasteiger partial charge >= 0.3 is 0 Å². The van der Waals surface area contributed by atoms with E-state index in [2.05, 4.69) is 11.6 Å². The Balaban J connectivity index is 1.79. The molecule has 0 fully saturated rings. The van der Waals surface area contributed by atoms with Crippen molar-refractivity contribution in [3.8, 4) is 0 Å². The van der Waals surface area contributed by atoms with Gasteiger partial charge < -0.3 is 10.6 Å². The third kappa shape index (κ3) is 3.53. The Labute approximate surface area is 170 Å². The number of anilines is 2. The van der Waals surface area contributed by atoms with Gasteiger partial charge in [0.15, 0.2) is 11.6 Å². The number of carbonyl (C=O) groups excluding carboxylic acids is 1. The van der Waals surface area contributed by atoms with Crippen LogP contribution in [0.4, 0.5) is 15.9 Å². The van der Waals surface area contributed by atoms with Gasteiger partial charge in [0.1, 0.15) is 0 Å². The van der Waals surface area contributed by atoms with Gasteiger partial charge in [-0.2, -0.15) is 0 Å². The molecule has 1 aliphatic rings. The van der Waals surface area contributed by atoms with E-state index in [1.54, 1.807) is 24.0 Å². The molecular formula is C22H20FN3O2S. The first kappa shape index (κ1) is 19.3. The Morgan fingerprint density at radius 2 is 2.10 bits per heavy atom. The van der Waals surface area contributed by atoms with Gasteiger partial charge in [-0.1, -0.05) is 30.8 Å². The van der Waals surface area contributed by atoms with Gasteiger partial charge in [-0.15, -0.1) is 0 Å². The van der Waals surface area contributed by atoms with Crippen molar-refractivity contribution < 1.29 is 13.4 Å². The molecule has 0 spiro atoms. The van der Waals surface area contributed by atoms with Crippen LogP contribution in [-0.2, 0) is 28.6 Å². The summed E-state index contributed by atoms with van der Waals surface area (Å²) in [4.78, 5) is 19.4. The zero-order valence-corrected chi connectivity index (χ0v) is 16.8. The van der Waals surface area contributed by atoms with E-state index in [-0.39, 0.29) is 18.3 Å². The van der Waals surface area contributed by atoms with Crippen molar-refractivity contribution in [1.29, 1.82) is 0 Å². The molecule has 4 rings (SSSR count). The minimum Gasteiger partial charge on any atom is -0.381 e. The summed E-state index contributed by atoms with van der Waals surface area (Å²) < 4.78 is 26.2. The normalized spacial score (nSPS) is 15.3. The van der Waals surface area contributed by atoms with Crippen LogP contribution >= 0.6 is 0 Å². The fourth-order valence-corrected chi connectivity index (χ4v) is 5.01. The summed E-state index contributed by atoms with van der Waals surface area (Å²) in [6.45, 7) is 5.69. The van der Waals surface area contributed by atoms with Gasteiger partial charge in [-0.05, 0) is 42.7 Å². The van der Waals surface area contributed by atoms with Crippen LogP contribution in [0.15, 0.2) is 59.5 Å². The molecule has 29 heavy (non-hydrogen) atoms. The quantitative estimate of drug-likeness (QED) is 0.666. The van der Waals surface area contributed by atoms with E-state index in [4.69, 9.17) is 5.73 Å². The summed E-state index contributed by atoms with van der Waals surface area (Å²) >= 11 is 0. The van der Waals surface area contributed by atoms with E-state index in [9.17, 15) is 13.4 Å². The maximum absolute atomic E-state index is 13.7. The molecule has 0 saturated heterocycles. The molecule has 5 nitrogen and oxygen atoms in total. The number of aryl methyl sites for hydroxylation is 1. The average molecular weight is 409 g/mol. The van der Waals surface area contributed by atoms with Crippen molar-refractivity contribution in [1.82, 2.24) is 4.98 Å². The Hall–Kier alpha value is -3.06. The molecule has 7 heteroatoms. The lowest BCUT2D eigenvalue weighted by Crippen LogP contribution is -2.31. The van der Waals surface area contributed by atoms with Gasteiger partial charge in [0, 0.05) is 16.7 Å². The SMILES string of the molecule is C=C(C)C(=O)N(Cc1ccc2cc(F)c(N)nc2c1)c1cccc2c1S(=O)CC2. The number of aromatic nitrogens is 1. The molecule has 0 aliphatic carbocycles. The number of halogens is 1. The fourth-order valence-electron chi connectivity index (χ4n) is 3.53. The minimum absolute atomic E-state index is 0.166. The van der Waals surface area contributed by atoms with Crippen LogP contribution in [-0.4, -0.2) is 20.9 Å². The van der Waals surface area contributed by atoms with E-state index in [0.717, 1.165) is 17.5 Å². The number of fused-ring (bicyclic) bond motifs is 2. The standard InChI is InChI=1S/C22H20FN3O2S/c1-13(2)22(27)26(19-5-3-4-15-8-9-29(28)20(15)19)12-14-6-7-16-11-17(23)21(24)25-18(16)10-14/h3-7,10-11H,1,8-9,12H2,2H3,(H2,24,25). The molecule has 1 atom stereocenters. The van der Waals surface area contributed by atoms with Crippen molar-refractivity contribution >= 4 is 39.1 Å². The number of benzene rings is 2. The first-order chi connectivity index (χ1) is 13.8. The predicted molar refractivity (Wildman–Crippen MR) is 114 cm³/mol. The number of nitrogen functional groups attached to an aromatic ring is 1. The zero-order valence-electron chi connectivity index (χ0n) is 15.9. The summed E-state index contributed by atoms with van der Waals surface area (Å²) in [5.41, 5.74) is 8.97. The minimum atomic E-state index is -1.14. The Bertz CT molecular complexity index is 1190. The topological polar surface area (TPSA) is 76.3 Å². The van der Waals surface area contributed by atoms with Crippen LogP contribution in [0.2, 0.25) is 0 Å². The number of hydrogen-bond acceptors (Lipinski definition) is 4. The number of rotatable bonds is 4. The predicted octanol–water partition coefficient (Wildman–Crippen LogP) is 3.73. The molecule has 1 amide bonds. The summed E-state index contributed by atoms with van der Waals surface area (Å²) in [5, 5.41) is 0.625. The van der Waals surface area contributed by atoms with Crippen LogP contribution < -0.4 is 10.6 Å². The first-order valence-electron chi connectivity index (χ1n) is 9.17. The monoisotopic (exact) mass is 409 g/mol. The lowest BCUT2D eigenvalue weighted by atomic mass is 10.1. The van der Waals surface area contributed by atoms with E-state index >= 15 is 0 Å². The van der Waals surface area contributed by atoms with Gasteiger partial charge in [0.05, 0.1) is 33.4 Å². The van der Waals surface area contributed by atoms with Crippen molar-refractivity contribution in [2.24, 2.45) is 0 Å². The third-order valence-corrected chi connectivity index (χ3v) is 6.47. The molecular weight excluding hydrogens is 389 g/mol. The largest absolute Gasteiger partial charge is 0.381 e. The highest BCUT2D eigenvalue weighted by Gasteiger charge is 2.27. The molecule has 2 N–H and O–H groups in total. The van der Waals surface area contributed by atoms with E-state index in [1.165, 1.54) is 6.07 Å². The van der Waals surface area contributed by atoms with Crippen LogP contribution in [0.1, 0.15) is 18.1 Å². The smallest absolute Gasteiger partial charge is 0.253 e. The molecule has 0 bridgehead atoms. The molecule has 1 aliphatic heterocycles. The van der Waals surface area contributed by atoms with E-state index < -0.39 is 16.6 Å². The third-order valence-electron chi connectivity index (χ3n) is 4.96. The number of hydrogen-bond donors (Lipinski definition) is 1.